The molecule has 1 aromatic rings. The number of hydrogen-bond donors (Lipinski definition) is 0. The predicted molar refractivity (Wildman–Crippen MR) is 62.7 cm³/mol. The second-order valence-corrected chi connectivity index (χ2v) is 4.34. The van der Waals surface area contributed by atoms with Crippen LogP contribution in [0.25, 0.3) is 0 Å². The van der Waals surface area contributed by atoms with Gasteiger partial charge in [-0.1, -0.05) is 28.1 Å². The largest absolute Gasteiger partial charge is 0.300 e. The summed E-state index contributed by atoms with van der Waals surface area (Å²) in [5, 5.41) is 0.785. The molecule has 0 bridgehead atoms. The van der Waals surface area contributed by atoms with E-state index in [4.69, 9.17) is 0 Å². The van der Waals surface area contributed by atoms with Gasteiger partial charge in [-0.15, -0.1) is 0 Å². The number of Topliss-reactive ketones (excluding diaryl/α,β-unsaturated/α-hetero) is 1. The molecular weight excluding hydrogens is 278 g/mol. The van der Waals surface area contributed by atoms with Crippen molar-refractivity contribution in [2.75, 3.05) is 5.33 Å². The molecule has 0 aliphatic rings. The summed E-state index contributed by atoms with van der Waals surface area (Å²) in [6.07, 6.45) is 1.81. The van der Waals surface area contributed by atoms with E-state index in [-0.39, 0.29) is 24.2 Å². The summed E-state index contributed by atoms with van der Waals surface area (Å²) < 4.78 is 26.1. The first-order valence-corrected chi connectivity index (χ1v) is 6.28. The quantitative estimate of drug-likeness (QED) is 0.731. The highest BCUT2D eigenvalue weighted by Gasteiger charge is 2.09. The van der Waals surface area contributed by atoms with Crippen LogP contribution in [-0.4, -0.2) is 11.1 Å². The minimum Gasteiger partial charge on any atom is -0.300 e. The molecule has 0 fully saturated rings. The Morgan fingerprint density at radius 1 is 1.25 bits per heavy atom. The third kappa shape index (κ3) is 4.00. The third-order valence-electron chi connectivity index (χ3n) is 2.29. The third-order valence-corrected chi connectivity index (χ3v) is 2.85. The highest BCUT2D eigenvalue weighted by atomic mass is 79.9. The Balaban J connectivity index is 2.48. The Morgan fingerprint density at radius 2 is 2.00 bits per heavy atom. The molecule has 0 saturated heterocycles. The van der Waals surface area contributed by atoms with Gasteiger partial charge in [-0.2, -0.15) is 0 Å². The van der Waals surface area contributed by atoms with Crippen LogP contribution < -0.4 is 0 Å². The number of carbonyl (C=O) groups excluding carboxylic acids is 1. The van der Waals surface area contributed by atoms with Crippen molar-refractivity contribution in [3.63, 3.8) is 0 Å². The molecule has 0 N–H and O–H groups in total. The van der Waals surface area contributed by atoms with Crippen molar-refractivity contribution in [2.45, 2.75) is 25.7 Å². The predicted octanol–water partition coefficient (Wildman–Crippen LogP) is 3.64. The zero-order valence-corrected chi connectivity index (χ0v) is 10.4. The highest BCUT2D eigenvalue weighted by molar-refractivity contribution is 9.09. The van der Waals surface area contributed by atoms with E-state index >= 15 is 0 Å². The van der Waals surface area contributed by atoms with Crippen molar-refractivity contribution in [3.8, 4) is 0 Å². The molecule has 0 heterocycles. The topological polar surface area (TPSA) is 17.1 Å². The fourth-order valence-corrected chi connectivity index (χ4v) is 1.68. The maximum Gasteiger partial charge on any atom is 0.162 e. The van der Waals surface area contributed by atoms with Crippen LogP contribution in [0.5, 0.6) is 0 Å². The summed E-state index contributed by atoms with van der Waals surface area (Å²) in [4.78, 5) is 11.3. The van der Waals surface area contributed by atoms with Crippen molar-refractivity contribution in [1.29, 1.82) is 0 Å². The number of rotatable bonds is 6. The van der Waals surface area contributed by atoms with Crippen molar-refractivity contribution in [2.24, 2.45) is 0 Å². The van der Waals surface area contributed by atoms with E-state index in [1.165, 1.54) is 12.1 Å². The van der Waals surface area contributed by atoms with E-state index in [2.05, 4.69) is 15.9 Å². The SMILES string of the molecule is O=C(CCCBr)CCc1cccc(F)c1F. The fourth-order valence-electron chi connectivity index (χ4n) is 1.40. The zero-order valence-electron chi connectivity index (χ0n) is 8.81. The number of alkyl halides is 1. The Kier molecular flexibility index (Phi) is 5.60. The maximum atomic E-state index is 13.2. The number of carbonyl (C=O) groups is 1. The number of ketones is 1. The molecule has 0 atom stereocenters. The summed E-state index contributed by atoms with van der Waals surface area (Å²) in [7, 11) is 0. The van der Waals surface area contributed by atoms with Crippen LogP contribution in [0.3, 0.4) is 0 Å². The van der Waals surface area contributed by atoms with E-state index < -0.39 is 11.6 Å². The van der Waals surface area contributed by atoms with E-state index in [1.807, 2.05) is 0 Å². The standard InChI is InChI=1S/C12H13BrF2O/c13-8-2-4-10(16)7-6-9-3-1-5-11(14)12(9)15/h1,3,5H,2,4,6-8H2. The first-order chi connectivity index (χ1) is 7.65. The fraction of sp³-hybridized carbons (Fsp3) is 0.417. The first kappa shape index (κ1) is 13.3. The van der Waals surface area contributed by atoms with Gasteiger partial charge in [0.15, 0.2) is 11.6 Å². The molecule has 0 aliphatic carbocycles. The van der Waals surface area contributed by atoms with E-state index in [1.54, 1.807) is 0 Å². The van der Waals surface area contributed by atoms with E-state index in [0.717, 1.165) is 17.8 Å². The van der Waals surface area contributed by atoms with Crippen molar-refractivity contribution >= 4 is 21.7 Å². The van der Waals surface area contributed by atoms with Gasteiger partial charge in [0.2, 0.25) is 0 Å². The lowest BCUT2D eigenvalue weighted by Gasteiger charge is -2.03. The van der Waals surface area contributed by atoms with E-state index in [0.29, 0.717) is 6.42 Å². The molecule has 0 aliphatic heterocycles. The highest BCUT2D eigenvalue weighted by Crippen LogP contribution is 2.13. The minimum absolute atomic E-state index is 0.0862. The smallest absolute Gasteiger partial charge is 0.162 e. The molecule has 1 aromatic carbocycles. The van der Waals surface area contributed by atoms with Gasteiger partial charge in [-0.05, 0) is 24.5 Å². The molecule has 0 spiro atoms. The van der Waals surface area contributed by atoms with Gasteiger partial charge in [0.25, 0.3) is 0 Å². The van der Waals surface area contributed by atoms with Crippen LogP contribution >= 0.6 is 15.9 Å². The normalized spacial score (nSPS) is 10.4. The van der Waals surface area contributed by atoms with Crippen molar-refractivity contribution in [3.05, 3.63) is 35.4 Å². The number of halogens is 3. The Hall–Kier alpha value is -0.770. The lowest BCUT2D eigenvalue weighted by molar-refractivity contribution is -0.119. The van der Waals surface area contributed by atoms with Crippen molar-refractivity contribution < 1.29 is 13.6 Å². The van der Waals surface area contributed by atoms with Gasteiger partial charge >= 0.3 is 0 Å². The van der Waals surface area contributed by atoms with Gasteiger partial charge in [-0.3, -0.25) is 4.79 Å². The molecule has 0 amide bonds. The molecule has 4 heteroatoms. The Morgan fingerprint density at radius 3 is 2.69 bits per heavy atom. The van der Waals surface area contributed by atoms with Gasteiger partial charge < -0.3 is 0 Å². The molecule has 1 rings (SSSR count). The maximum absolute atomic E-state index is 13.2. The molecule has 0 aromatic heterocycles. The number of benzene rings is 1. The van der Waals surface area contributed by atoms with E-state index in [9.17, 15) is 13.6 Å². The molecule has 88 valence electrons. The second-order valence-electron chi connectivity index (χ2n) is 3.54. The van der Waals surface area contributed by atoms with Gasteiger partial charge in [0.1, 0.15) is 5.78 Å². The molecular formula is C12H13BrF2O. The van der Waals surface area contributed by atoms with Crippen LogP contribution in [0.4, 0.5) is 8.78 Å². The van der Waals surface area contributed by atoms with Crippen LogP contribution in [0, 0.1) is 11.6 Å². The molecule has 0 saturated carbocycles. The summed E-state index contributed by atoms with van der Waals surface area (Å²) >= 11 is 3.23. The van der Waals surface area contributed by atoms with Gasteiger partial charge in [-0.25, -0.2) is 8.78 Å². The molecule has 16 heavy (non-hydrogen) atoms. The van der Waals surface area contributed by atoms with Crippen LogP contribution in [0.2, 0.25) is 0 Å². The summed E-state index contributed by atoms with van der Waals surface area (Å²) in [5.41, 5.74) is 0.271. The molecule has 0 radical (unpaired) electrons. The van der Waals surface area contributed by atoms with Gasteiger partial charge in [0.05, 0.1) is 0 Å². The monoisotopic (exact) mass is 290 g/mol. The average molecular weight is 291 g/mol. The average Bonchev–Trinajstić information content (AvgIpc) is 2.28. The lowest BCUT2D eigenvalue weighted by Crippen LogP contribution is -2.02. The van der Waals surface area contributed by atoms with Crippen LogP contribution in [0.1, 0.15) is 24.8 Å². The second kappa shape index (κ2) is 6.74. The number of hydrogen-bond acceptors (Lipinski definition) is 1. The summed E-state index contributed by atoms with van der Waals surface area (Å²) in [6.45, 7) is 0. The summed E-state index contributed by atoms with van der Waals surface area (Å²) in [6, 6.07) is 4.04. The first-order valence-electron chi connectivity index (χ1n) is 5.15. The zero-order chi connectivity index (χ0) is 12.0. The summed E-state index contributed by atoms with van der Waals surface area (Å²) in [5.74, 6) is -1.61. The minimum atomic E-state index is -0.856. The Bertz CT molecular complexity index is 366. The Labute approximate surface area is 102 Å². The lowest BCUT2D eigenvalue weighted by atomic mass is 10.0. The van der Waals surface area contributed by atoms with Crippen LogP contribution in [0.15, 0.2) is 18.2 Å². The van der Waals surface area contributed by atoms with Gasteiger partial charge in [0, 0.05) is 18.2 Å². The molecule has 0 unspecified atom stereocenters. The van der Waals surface area contributed by atoms with Crippen molar-refractivity contribution in [1.82, 2.24) is 0 Å². The van der Waals surface area contributed by atoms with Crippen LogP contribution in [-0.2, 0) is 11.2 Å². The number of aryl methyl sites for hydroxylation is 1. The molecule has 1 nitrogen and oxygen atoms in total.